The Morgan fingerprint density at radius 2 is 2.14 bits per heavy atom. The van der Waals surface area contributed by atoms with Crippen molar-refractivity contribution in [1.82, 2.24) is 10.2 Å². The Morgan fingerprint density at radius 3 is 2.82 bits per heavy atom. The number of hydrogen-bond acceptors (Lipinski definition) is 6. The molecule has 152 valence electrons. The van der Waals surface area contributed by atoms with Crippen molar-refractivity contribution >= 4 is 17.2 Å². The third-order valence-electron chi connectivity index (χ3n) is 4.75. The van der Waals surface area contributed by atoms with Crippen molar-refractivity contribution in [2.75, 3.05) is 33.9 Å². The van der Waals surface area contributed by atoms with Gasteiger partial charge in [-0.2, -0.15) is 0 Å². The second-order valence-electron chi connectivity index (χ2n) is 6.85. The van der Waals surface area contributed by atoms with Crippen LogP contribution in [0, 0.1) is 0 Å². The molecule has 0 bridgehead atoms. The fraction of sp³-hybridized carbons (Fsp3) is 0.476. The van der Waals surface area contributed by atoms with E-state index in [1.54, 1.807) is 25.6 Å². The minimum Gasteiger partial charge on any atom is -0.493 e. The molecule has 1 aromatic heterocycles. The molecule has 1 atom stereocenters. The maximum Gasteiger partial charge on any atom is 0.234 e. The second kappa shape index (κ2) is 10.5. The zero-order chi connectivity index (χ0) is 19.8. The maximum atomic E-state index is 12.6. The van der Waals surface area contributed by atoms with Crippen LogP contribution in [0.3, 0.4) is 0 Å². The molecule has 1 N–H and O–H groups in total. The van der Waals surface area contributed by atoms with Crippen LogP contribution in [0.1, 0.15) is 23.3 Å². The Labute approximate surface area is 170 Å². The van der Waals surface area contributed by atoms with Crippen LogP contribution in [0.2, 0.25) is 0 Å². The molecule has 0 aliphatic carbocycles. The van der Waals surface area contributed by atoms with E-state index >= 15 is 0 Å². The van der Waals surface area contributed by atoms with Gasteiger partial charge in [0.2, 0.25) is 5.91 Å². The Kier molecular flexibility index (Phi) is 7.71. The molecule has 1 aromatic carbocycles. The number of amides is 1. The molecule has 3 rings (SSSR count). The van der Waals surface area contributed by atoms with Gasteiger partial charge in [-0.05, 0) is 42.0 Å². The highest BCUT2D eigenvalue weighted by Crippen LogP contribution is 2.27. The van der Waals surface area contributed by atoms with Gasteiger partial charge in [-0.15, -0.1) is 11.3 Å². The number of benzene rings is 1. The first kappa shape index (κ1) is 20.6. The Morgan fingerprint density at radius 1 is 1.29 bits per heavy atom. The largest absolute Gasteiger partial charge is 0.493 e. The van der Waals surface area contributed by atoms with Crippen LogP contribution >= 0.6 is 11.3 Å². The van der Waals surface area contributed by atoms with Gasteiger partial charge >= 0.3 is 0 Å². The summed E-state index contributed by atoms with van der Waals surface area (Å²) in [4.78, 5) is 16.0. The number of carbonyl (C=O) groups excluding carboxylic acids is 1. The maximum absolute atomic E-state index is 12.6. The third kappa shape index (κ3) is 5.95. The molecular formula is C21H28N2O4S. The van der Waals surface area contributed by atoms with Crippen LogP contribution in [-0.4, -0.2) is 50.8 Å². The molecule has 6 nitrogen and oxygen atoms in total. The van der Waals surface area contributed by atoms with Crippen molar-refractivity contribution in [3.05, 3.63) is 46.2 Å². The number of rotatable bonds is 10. The SMILES string of the molecule is COc1ccc(CNC(=O)CN(Cc2cccs2)C[C@@H]2CCCO2)cc1OC. The van der Waals surface area contributed by atoms with Gasteiger partial charge in [0.25, 0.3) is 0 Å². The number of carbonyl (C=O) groups is 1. The van der Waals surface area contributed by atoms with Gasteiger partial charge in [0.15, 0.2) is 11.5 Å². The summed E-state index contributed by atoms with van der Waals surface area (Å²) in [7, 11) is 3.21. The molecular weight excluding hydrogens is 376 g/mol. The van der Waals surface area contributed by atoms with Gasteiger partial charge in [0.1, 0.15) is 0 Å². The molecule has 0 radical (unpaired) electrons. The van der Waals surface area contributed by atoms with Crippen molar-refractivity contribution in [2.24, 2.45) is 0 Å². The van der Waals surface area contributed by atoms with E-state index < -0.39 is 0 Å². The molecule has 2 heterocycles. The van der Waals surface area contributed by atoms with E-state index in [0.717, 1.165) is 38.1 Å². The smallest absolute Gasteiger partial charge is 0.234 e. The first-order valence-corrected chi connectivity index (χ1v) is 10.4. The summed E-state index contributed by atoms with van der Waals surface area (Å²) in [5.74, 6) is 1.34. The van der Waals surface area contributed by atoms with Gasteiger partial charge in [-0.1, -0.05) is 12.1 Å². The Hall–Kier alpha value is -2.09. The number of nitrogens with one attached hydrogen (secondary N) is 1. The summed E-state index contributed by atoms with van der Waals surface area (Å²) < 4.78 is 16.3. The zero-order valence-electron chi connectivity index (χ0n) is 16.5. The van der Waals surface area contributed by atoms with Gasteiger partial charge in [-0.25, -0.2) is 0 Å². The number of methoxy groups -OCH3 is 2. The topological polar surface area (TPSA) is 60.0 Å². The summed E-state index contributed by atoms with van der Waals surface area (Å²) in [6, 6.07) is 9.81. The van der Waals surface area contributed by atoms with E-state index in [4.69, 9.17) is 14.2 Å². The van der Waals surface area contributed by atoms with Crippen molar-refractivity contribution in [3.63, 3.8) is 0 Å². The van der Waals surface area contributed by atoms with E-state index in [2.05, 4.69) is 21.7 Å². The predicted octanol–water partition coefficient (Wildman–Crippen LogP) is 3.06. The highest BCUT2D eigenvalue weighted by molar-refractivity contribution is 7.09. The van der Waals surface area contributed by atoms with Gasteiger partial charge in [-0.3, -0.25) is 9.69 Å². The molecule has 0 saturated carbocycles. The molecule has 1 saturated heterocycles. The first-order chi connectivity index (χ1) is 13.7. The molecule has 1 fully saturated rings. The van der Waals surface area contributed by atoms with Crippen molar-refractivity contribution in [2.45, 2.75) is 32.0 Å². The monoisotopic (exact) mass is 404 g/mol. The van der Waals surface area contributed by atoms with Crippen molar-refractivity contribution < 1.29 is 19.0 Å². The molecule has 2 aromatic rings. The number of hydrogen-bond donors (Lipinski definition) is 1. The highest BCUT2D eigenvalue weighted by Gasteiger charge is 2.21. The Bertz CT molecular complexity index is 745. The van der Waals surface area contributed by atoms with Crippen LogP contribution in [0.15, 0.2) is 35.7 Å². The van der Waals surface area contributed by atoms with E-state index in [1.165, 1.54) is 4.88 Å². The molecule has 7 heteroatoms. The molecule has 0 unspecified atom stereocenters. The lowest BCUT2D eigenvalue weighted by Crippen LogP contribution is -2.40. The van der Waals surface area contributed by atoms with Gasteiger partial charge in [0.05, 0.1) is 26.9 Å². The van der Waals surface area contributed by atoms with E-state index in [0.29, 0.717) is 24.6 Å². The predicted molar refractivity (Wildman–Crippen MR) is 110 cm³/mol. The lowest BCUT2D eigenvalue weighted by atomic mass is 10.2. The highest BCUT2D eigenvalue weighted by atomic mass is 32.1. The molecule has 0 spiro atoms. The average Bonchev–Trinajstić information content (AvgIpc) is 3.40. The number of thiophene rings is 1. The molecule has 1 amide bonds. The minimum absolute atomic E-state index is 0.00402. The average molecular weight is 405 g/mol. The fourth-order valence-electron chi connectivity index (χ4n) is 3.33. The van der Waals surface area contributed by atoms with Crippen LogP contribution in [0.25, 0.3) is 0 Å². The van der Waals surface area contributed by atoms with Gasteiger partial charge < -0.3 is 19.5 Å². The van der Waals surface area contributed by atoms with E-state index in [-0.39, 0.29) is 12.0 Å². The van der Waals surface area contributed by atoms with Crippen molar-refractivity contribution in [3.8, 4) is 11.5 Å². The first-order valence-electron chi connectivity index (χ1n) is 9.52. The summed E-state index contributed by atoms with van der Waals surface area (Å²) in [5, 5.41) is 5.07. The Balaban J connectivity index is 1.55. The summed E-state index contributed by atoms with van der Waals surface area (Å²) in [5.41, 5.74) is 0.968. The second-order valence-corrected chi connectivity index (χ2v) is 7.88. The van der Waals surface area contributed by atoms with E-state index in [9.17, 15) is 4.79 Å². The van der Waals surface area contributed by atoms with E-state index in [1.807, 2.05) is 24.3 Å². The zero-order valence-corrected chi connectivity index (χ0v) is 17.3. The standard InChI is InChI=1S/C21H28N2O4S/c1-25-19-8-7-16(11-20(19)26-2)12-22-21(24)15-23(13-17-5-3-9-27-17)14-18-6-4-10-28-18/h4,6-8,10-11,17H,3,5,9,12-15H2,1-2H3,(H,22,24)/t17-/m0/s1. The van der Waals surface area contributed by atoms with Crippen LogP contribution in [0.4, 0.5) is 0 Å². The number of ether oxygens (including phenoxy) is 3. The van der Waals surface area contributed by atoms with Crippen LogP contribution in [-0.2, 0) is 22.6 Å². The summed E-state index contributed by atoms with van der Waals surface area (Å²) in [6.07, 6.45) is 2.38. The van der Waals surface area contributed by atoms with Crippen LogP contribution in [0.5, 0.6) is 11.5 Å². The molecule has 1 aliphatic heterocycles. The minimum atomic E-state index is 0.00402. The quantitative estimate of drug-likeness (QED) is 0.660. The van der Waals surface area contributed by atoms with Crippen molar-refractivity contribution in [1.29, 1.82) is 0 Å². The van der Waals surface area contributed by atoms with Crippen LogP contribution < -0.4 is 14.8 Å². The summed E-state index contributed by atoms with van der Waals surface area (Å²) in [6.45, 7) is 3.17. The lowest BCUT2D eigenvalue weighted by molar-refractivity contribution is -0.122. The molecule has 1 aliphatic rings. The fourth-order valence-corrected chi connectivity index (χ4v) is 4.08. The van der Waals surface area contributed by atoms with Gasteiger partial charge in [0, 0.05) is 31.1 Å². The third-order valence-corrected chi connectivity index (χ3v) is 5.61. The summed E-state index contributed by atoms with van der Waals surface area (Å²) >= 11 is 1.71. The lowest BCUT2D eigenvalue weighted by Gasteiger charge is -2.24. The normalized spacial score (nSPS) is 16.3. The number of nitrogens with zero attached hydrogens (tertiary/aromatic N) is 1. The molecule has 28 heavy (non-hydrogen) atoms.